The second kappa shape index (κ2) is 16.7. The van der Waals surface area contributed by atoms with E-state index in [1.54, 1.807) is 0 Å². The first-order valence-corrected chi connectivity index (χ1v) is 11.9. The molecule has 1 aliphatic rings. The second-order valence-corrected chi connectivity index (χ2v) is 8.28. The Labute approximate surface area is 190 Å². The molecule has 0 aliphatic carbocycles. The van der Waals surface area contributed by atoms with Crippen LogP contribution in [0.3, 0.4) is 0 Å². The van der Waals surface area contributed by atoms with Crippen molar-refractivity contribution < 1.29 is 39.5 Å². The molecule has 1 rings (SSSR count). The minimum atomic E-state index is -1.48. The van der Waals surface area contributed by atoms with E-state index < -0.39 is 42.3 Å². The van der Waals surface area contributed by atoms with Crippen LogP contribution in [-0.2, 0) is 19.1 Å². The van der Waals surface area contributed by atoms with Crippen molar-refractivity contribution in [3.05, 3.63) is 23.7 Å². The third kappa shape index (κ3) is 11.1. The number of hydrogen-bond donors (Lipinski definition) is 4. The van der Waals surface area contributed by atoms with Gasteiger partial charge >= 0.3 is 11.9 Å². The number of carbonyl (C=O) groups excluding carboxylic acids is 2. The van der Waals surface area contributed by atoms with Gasteiger partial charge in [0, 0.05) is 6.42 Å². The molecule has 8 nitrogen and oxygen atoms in total. The lowest BCUT2D eigenvalue weighted by Gasteiger charge is -2.17. The summed E-state index contributed by atoms with van der Waals surface area (Å²) < 4.78 is 9.71. The van der Waals surface area contributed by atoms with Gasteiger partial charge in [-0.25, -0.2) is 4.79 Å². The normalized spacial score (nSPS) is 18.2. The van der Waals surface area contributed by atoms with Gasteiger partial charge < -0.3 is 29.9 Å². The van der Waals surface area contributed by atoms with E-state index in [0.29, 0.717) is 12.8 Å². The van der Waals surface area contributed by atoms with Crippen LogP contribution >= 0.6 is 0 Å². The van der Waals surface area contributed by atoms with Gasteiger partial charge in [-0.3, -0.25) is 4.79 Å². The Balaban J connectivity index is 2.08. The minimum absolute atomic E-state index is 0.114. The number of rotatable bonds is 18. The molecule has 1 heterocycles. The predicted octanol–water partition coefficient (Wildman–Crippen LogP) is 3.59. The highest BCUT2D eigenvalue weighted by molar-refractivity contribution is 5.90. The van der Waals surface area contributed by atoms with E-state index in [0.717, 1.165) is 44.9 Å². The molecule has 0 saturated heterocycles. The summed E-state index contributed by atoms with van der Waals surface area (Å²) >= 11 is 0. The van der Waals surface area contributed by atoms with Gasteiger partial charge in [0.1, 0.15) is 6.10 Å². The van der Waals surface area contributed by atoms with E-state index in [1.807, 2.05) is 0 Å². The molecular formula is C24H40O8. The highest BCUT2D eigenvalue weighted by Gasteiger charge is 2.41. The molecule has 0 aromatic carbocycles. The molecule has 0 amide bonds. The summed E-state index contributed by atoms with van der Waals surface area (Å²) in [6.07, 6.45) is 13.0. The molecule has 0 spiro atoms. The van der Waals surface area contributed by atoms with Gasteiger partial charge in [0.15, 0.2) is 6.10 Å². The van der Waals surface area contributed by atoms with E-state index >= 15 is 0 Å². The zero-order valence-corrected chi connectivity index (χ0v) is 19.2. The largest absolute Gasteiger partial charge is 0.499 e. The first-order valence-electron chi connectivity index (χ1n) is 11.9. The Bertz CT molecular complexity index is 613. The Morgan fingerprint density at radius 1 is 1.06 bits per heavy atom. The predicted molar refractivity (Wildman–Crippen MR) is 120 cm³/mol. The van der Waals surface area contributed by atoms with Crippen molar-refractivity contribution in [3.63, 3.8) is 0 Å². The lowest BCUT2D eigenvalue weighted by Crippen LogP contribution is -2.33. The molecule has 32 heavy (non-hydrogen) atoms. The Morgan fingerprint density at radius 2 is 1.75 bits per heavy atom. The van der Waals surface area contributed by atoms with E-state index in [1.165, 1.54) is 19.3 Å². The van der Waals surface area contributed by atoms with E-state index in [2.05, 4.69) is 19.1 Å². The van der Waals surface area contributed by atoms with Gasteiger partial charge in [0.25, 0.3) is 0 Å². The molecule has 0 radical (unpaired) electrons. The number of esters is 2. The molecule has 0 fully saturated rings. The maximum absolute atomic E-state index is 12.0. The number of aliphatic hydroxyl groups excluding tert-OH is 4. The molecule has 8 heteroatoms. The summed E-state index contributed by atoms with van der Waals surface area (Å²) in [5.74, 6) is -3.02. The average Bonchev–Trinajstić information content (AvgIpc) is 3.05. The molecule has 0 aromatic heterocycles. The first kappa shape index (κ1) is 28.1. The minimum Gasteiger partial charge on any atom is -0.499 e. The van der Waals surface area contributed by atoms with E-state index in [4.69, 9.17) is 14.6 Å². The fourth-order valence-corrected chi connectivity index (χ4v) is 3.45. The highest BCUT2D eigenvalue weighted by Crippen LogP contribution is 2.25. The topological polar surface area (TPSA) is 134 Å². The van der Waals surface area contributed by atoms with Crippen LogP contribution in [0, 0.1) is 0 Å². The van der Waals surface area contributed by atoms with Crippen LogP contribution in [0.15, 0.2) is 23.7 Å². The number of carbonyl (C=O) groups is 2. The fraction of sp³-hybridized carbons (Fsp3) is 0.750. The highest BCUT2D eigenvalue weighted by atomic mass is 16.6. The van der Waals surface area contributed by atoms with Gasteiger partial charge in [-0.15, -0.1) is 0 Å². The first-order chi connectivity index (χ1) is 15.4. The van der Waals surface area contributed by atoms with Crippen molar-refractivity contribution in [3.8, 4) is 0 Å². The van der Waals surface area contributed by atoms with Crippen LogP contribution in [0.1, 0.15) is 90.4 Å². The van der Waals surface area contributed by atoms with Gasteiger partial charge in [-0.05, 0) is 32.1 Å². The molecule has 1 aliphatic heterocycles. The van der Waals surface area contributed by atoms with Gasteiger partial charge in [-0.2, -0.15) is 0 Å². The Kier molecular flexibility index (Phi) is 14.7. The monoisotopic (exact) mass is 456 g/mol. The quantitative estimate of drug-likeness (QED) is 0.140. The van der Waals surface area contributed by atoms with Crippen molar-refractivity contribution in [2.24, 2.45) is 0 Å². The summed E-state index contributed by atoms with van der Waals surface area (Å²) in [6, 6.07) is 0. The zero-order valence-electron chi connectivity index (χ0n) is 19.2. The lowest BCUT2D eigenvalue weighted by molar-refractivity contribution is -0.151. The van der Waals surface area contributed by atoms with Crippen LogP contribution in [0.2, 0.25) is 0 Å². The van der Waals surface area contributed by atoms with Crippen molar-refractivity contribution in [1.82, 2.24) is 0 Å². The summed E-state index contributed by atoms with van der Waals surface area (Å²) in [6.45, 7) is 1.47. The molecule has 0 unspecified atom stereocenters. The third-order valence-corrected chi connectivity index (χ3v) is 5.40. The van der Waals surface area contributed by atoms with Crippen LogP contribution in [-0.4, -0.2) is 57.3 Å². The Hall–Kier alpha value is -1.90. The smallest absolute Gasteiger partial charge is 0.378 e. The number of unbranched alkanes of at least 4 members (excludes halogenated alkanes) is 8. The summed E-state index contributed by atoms with van der Waals surface area (Å²) in [5.41, 5.74) is 0. The zero-order chi connectivity index (χ0) is 23.8. The van der Waals surface area contributed by atoms with Crippen LogP contribution in [0.5, 0.6) is 0 Å². The van der Waals surface area contributed by atoms with Gasteiger partial charge in [0.05, 0.1) is 12.7 Å². The summed E-state index contributed by atoms with van der Waals surface area (Å²) in [4.78, 5) is 23.3. The van der Waals surface area contributed by atoms with Crippen molar-refractivity contribution in [2.45, 2.75) is 109 Å². The molecule has 3 atom stereocenters. The second-order valence-electron chi connectivity index (χ2n) is 8.28. The molecule has 0 saturated carbocycles. The fourth-order valence-electron chi connectivity index (χ4n) is 3.45. The summed E-state index contributed by atoms with van der Waals surface area (Å²) in [5, 5.41) is 38.2. The summed E-state index contributed by atoms with van der Waals surface area (Å²) in [7, 11) is 0. The number of hydrogen-bond acceptors (Lipinski definition) is 8. The number of cyclic esters (lactones) is 1. The Morgan fingerprint density at radius 3 is 2.47 bits per heavy atom. The number of ether oxygens (including phenoxy) is 2. The SMILES string of the molecule is CCCCCC[C@@H](O)C/C=C\CCCCCCCC(=O)OC1=C(O)C(=O)O[C@@H]1[C@@H](O)CO. The van der Waals surface area contributed by atoms with Gasteiger partial charge in [0.2, 0.25) is 11.5 Å². The molecule has 0 aromatic rings. The van der Waals surface area contributed by atoms with Crippen molar-refractivity contribution in [2.75, 3.05) is 6.61 Å². The maximum atomic E-state index is 12.0. The molecule has 4 N–H and O–H groups in total. The van der Waals surface area contributed by atoms with Crippen molar-refractivity contribution in [1.29, 1.82) is 0 Å². The maximum Gasteiger partial charge on any atom is 0.378 e. The average molecular weight is 457 g/mol. The number of aliphatic hydroxyl groups is 4. The van der Waals surface area contributed by atoms with E-state index in [-0.39, 0.29) is 12.5 Å². The van der Waals surface area contributed by atoms with Crippen LogP contribution in [0.25, 0.3) is 0 Å². The van der Waals surface area contributed by atoms with Crippen LogP contribution in [0.4, 0.5) is 0 Å². The van der Waals surface area contributed by atoms with Crippen molar-refractivity contribution >= 4 is 11.9 Å². The van der Waals surface area contributed by atoms with E-state index in [9.17, 15) is 24.9 Å². The number of allylic oxidation sites excluding steroid dienone is 1. The standard InChI is InChI=1S/C24H40O8/c1-2-3-4-11-14-18(26)15-12-9-7-5-6-8-10-13-16-20(28)31-23-21(29)24(30)32-22(23)19(27)17-25/h9,12,18-19,22,25-27,29H,2-8,10-11,13-17H2,1H3/b12-9-/t18-,19+,22-/m1/s1. The molecule has 0 bridgehead atoms. The molecular weight excluding hydrogens is 416 g/mol. The lowest BCUT2D eigenvalue weighted by atomic mass is 10.1. The molecule has 184 valence electrons. The van der Waals surface area contributed by atoms with Crippen LogP contribution < -0.4 is 0 Å². The van der Waals surface area contributed by atoms with Gasteiger partial charge in [-0.1, -0.05) is 64.0 Å². The third-order valence-electron chi connectivity index (χ3n) is 5.40.